The molecular weight excluding hydrogens is 280 g/mol. The topological polar surface area (TPSA) is 68.3 Å². The summed E-state index contributed by atoms with van der Waals surface area (Å²) in [6.07, 6.45) is 4.86. The van der Waals surface area contributed by atoms with Gasteiger partial charge < -0.3 is 10.1 Å². The van der Waals surface area contributed by atoms with E-state index in [9.17, 15) is 9.59 Å². The minimum atomic E-state index is -0.770. The van der Waals surface area contributed by atoms with Gasteiger partial charge in [-0.15, -0.1) is 0 Å². The number of ether oxygens (including phenoxy) is 1. The predicted molar refractivity (Wildman–Crippen MR) is 82.8 cm³/mol. The lowest BCUT2D eigenvalue weighted by atomic mass is 9.82. The zero-order valence-corrected chi connectivity index (χ0v) is 13.2. The minimum Gasteiger partial charge on any atom is -0.452 e. The maximum atomic E-state index is 12.1. The van der Waals surface area contributed by atoms with E-state index in [0.29, 0.717) is 12.5 Å². The molecule has 22 heavy (non-hydrogen) atoms. The molecule has 1 aromatic heterocycles. The van der Waals surface area contributed by atoms with Crippen LogP contribution in [0.3, 0.4) is 0 Å². The Balaban J connectivity index is 1.77. The summed E-state index contributed by atoms with van der Waals surface area (Å²) in [5, 5.41) is 2.74. The van der Waals surface area contributed by atoms with Crippen molar-refractivity contribution in [1.82, 2.24) is 10.3 Å². The molecule has 1 aliphatic carbocycles. The maximum Gasteiger partial charge on any atom is 0.309 e. The van der Waals surface area contributed by atoms with Crippen LogP contribution in [0.1, 0.15) is 45.2 Å². The average Bonchev–Trinajstić information content (AvgIpc) is 2.53. The Kier molecular flexibility index (Phi) is 5.92. The zero-order chi connectivity index (χ0) is 15.9. The van der Waals surface area contributed by atoms with E-state index in [0.717, 1.165) is 25.0 Å². The van der Waals surface area contributed by atoms with Crippen LogP contribution in [0, 0.1) is 11.8 Å². The number of pyridine rings is 1. The maximum absolute atomic E-state index is 12.1. The first-order valence-corrected chi connectivity index (χ1v) is 7.94. The minimum absolute atomic E-state index is 0.0604. The Morgan fingerprint density at radius 2 is 2.23 bits per heavy atom. The lowest BCUT2D eigenvalue weighted by Crippen LogP contribution is -2.37. The number of carbonyl (C=O) groups is 2. The molecule has 0 bridgehead atoms. The molecule has 0 saturated heterocycles. The molecule has 120 valence electrons. The molecule has 1 aliphatic rings. The van der Waals surface area contributed by atoms with Crippen LogP contribution in [0.2, 0.25) is 0 Å². The quantitative estimate of drug-likeness (QED) is 0.848. The molecule has 0 unspecified atom stereocenters. The molecule has 1 saturated carbocycles. The molecular formula is C17H24N2O3. The molecule has 5 nitrogen and oxygen atoms in total. The second-order valence-corrected chi connectivity index (χ2v) is 6.09. The van der Waals surface area contributed by atoms with Crippen LogP contribution < -0.4 is 5.32 Å². The van der Waals surface area contributed by atoms with Crippen molar-refractivity contribution in [2.75, 3.05) is 0 Å². The van der Waals surface area contributed by atoms with Gasteiger partial charge in [0.15, 0.2) is 6.10 Å². The first-order chi connectivity index (χ1) is 10.6. The number of hydrogen-bond donors (Lipinski definition) is 1. The van der Waals surface area contributed by atoms with E-state index in [4.69, 9.17) is 4.74 Å². The van der Waals surface area contributed by atoms with Gasteiger partial charge in [0.05, 0.1) is 18.2 Å². The van der Waals surface area contributed by atoms with Crippen molar-refractivity contribution >= 4 is 11.9 Å². The predicted octanol–water partition coefficient (Wildman–Crippen LogP) is 2.46. The second-order valence-electron chi connectivity index (χ2n) is 6.09. The Hall–Kier alpha value is -1.91. The van der Waals surface area contributed by atoms with Crippen molar-refractivity contribution in [2.45, 2.75) is 52.2 Å². The summed E-state index contributed by atoms with van der Waals surface area (Å²) in [5.74, 6) is -0.0377. The van der Waals surface area contributed by atoms with Gasteiger partial charge in [0, 0.05) is 6.20 Å². The first-order valence-electron chi connectivity index (χ1n) is 7.94. The number of rotatable bonds is 5. The average molecular weight is 304 g/mol. The van der Waals surface area contributed by atoms with Gasteiger partial charge in [-0.2, -0.15) is 0 Å². The largest absolute Gasteiger partial charge is 0.452 e. The normalized spacial score (nSPS) is 22.6. The number of esters is 1. The molecule has 1 N–H and O–H groups in total. The summed E-state index contributed by atoms with van der Waals surface area (Å²) < 4.78 is 5.32. The fourth-order valence-electron chi connectivity index (χ4n) is 2.80. The molecule has 1 fully saturated rings. The van der Waals surface area contributed by atoms with Gasteiger partial charge in [-0.3, -0.25) is 14.6 Å². The van der Waals surface area contributed by atoms with Crippen LogP contribution in [-0.4, -0.2) is 23.0 Å². The van der Waals surface area contributed by atoms with E-state index in [1.807, 2.05) is 18.2 Å². The number of nitrogens with zero attached hydrogens (tertiary/aromatic N) is 1. The van der Waals surface area contributed by atoms with Crippen molar-refractivity contribution in [1.29, 1.82) is 0 Å². The molecule has 0 aromatic carbocycles. The highest BCUT2D eigenvalue weighted by Crippen LogP contribution is 2.29. The lowest BCUT2D eigenvalue weighted by molar-refractivity contribution is -0.160. The smallest absolute Gasteiger partial charge is 0.309 e. The van der Waals surface area contributed by atoms with Gasteiger partial charge >= 0.3 is 5.97 Å². The van der Waals surface area contributed by atoms with Crippen LogP contribution in [-0.2, 0) is 20.9 Å². The van der Waals surface area contributed by atoms with Crippen molar-refractivity contribution in [3.8, 4) is 0 Å². The summed E-state index contributed by atoms with van der Waals surface area (Å²) in [4.78, 5) is 28.2. The SMILES string of the molecule is C[C@@H]1CCC[C@H](C(=O)O[C@H](C)C(=O)NCc2ccccn2)C1. The van der Waals surface area contributed by atoms with Gasteiger partial charge in [0.25, 0.3) is 5.91 Å². The Morgan fingerprint density at radius 3 is 2.91 bits per heavy atom. The Labute approximate surface area is 131 Å². The molecule has 3 atom stereocenters. The van der Waals surface area contributed by atoms with Crippen LogP contribution in [0.4, 0.5) is 0 Å². The van der Waals surface area contributed by atoms with Crippen molar-refractivity contribution in [3.05, 3.63) is 30.1 Å². The summed E-state index contributed by atoms with van der Waals surface area (Å²) in [6, 6.07) is 5.52. The summed E-state index contributed by atoms with van der Waals surface area (Å²) >= 11 is 0. The molecule has 0 aliphatic heterocycles. The molecule has 2 rings (SSSR count). The van der Waals surface area contributed by atoms with Gasteiger partial charge in [-0.05, 0) is 37.8 Å². The van der Waals surface area contributed by atoms with Gasteiger partial charge in [-0.1, -0.05) is 25.8 Å². The van der Waals surface area contributed by atoms with Gasteiger partial charge in [0.2, 0.25) is 0 Å². The summed E-state index contributed by atoms with van der Waals surface area (Å²) in [5.41, 5.74) is 0.774. The van der Waals surface area contributed by atoms with E-state index in [2.05, 4.69) is 17.2 Å². The van der Waals surface area contributed by atoms with E-state index in [1.165, 1.54) is 6.42 Å². The third kappa shape index (κ3) is 4.83. The molecule has 1 heterocycles. The first kappa shape index (κ1) is 16.5. The number of hydrogen-bond acceptors (Lipinski definition) is 4. The Bertz CT molecular complexity index is 504. The molecule has 0 spiro atoms. The van der Waals surface area contributed by atoms with Gasteiger partial charge in [0.1, 0.15) is 0 Å². The van der Waals surface area contributed by atoms with E-state index >= 15 is 0 Å². The van der Waals surface area contributed by atoms with Crippen molar-refractivity contribution in [3.63, 3.8) is 0 Å². The van der Waals surface area contributed by atoms with Crippen molar-refractivity contribution < 1.29 is 14.3 Å². The lowest BCUT2D eigenvalue weighted by Gasteiger charge is -2.26. The number of amides is 1. The van der Waals surface area contributed by atoms with E-state index in [-0.39, 0.29) is 17.8 Å². The van der Waals surface area contributed by atoms with Gasteiger partial charge in [-0.25, -0.2) is 0 Å². The van der Waals surface area contributed by atoms with Crippen LogP contribution in [0.25, 0.3) is 0 Å². The number of carbonyl (C=O) groups excluding carboxylic acids is 2. The third-order valence-electron chi connectivity index (χ3n) is 4.10. The van der Waals surface area contributed by atoms with Crippen molar-refractivity contribution in [2.24, 2.45) is 11.8 Å². The molecule has 0 radical (unpaired) electrons. The number of nitrogens with one attached hydrogen (secondary N) is 1. The molecule has 1 aromatic rings. The zero-order valence-electron chi connectivity index (χ0n) is 13.2. The highest BCUT2D eigenvalue weighted by atomic mass is 16.5. The highest BCUT2D eigenvalue weighted by Gasteiger charge is 2.28. The fourth-order valence-corrected chi connectivity index (χ4v) is 2.80. The highest BCUT2D eigenvalue weighted by molar-refractivity contribution is 5.83. The molecule has 5 heteroatoms. The standard InChI is InChI=1S/C17H24N2O3/c1-12-6-5-7-14(10-12)17(21)22-13(2)16(20)19-11-15-8-3-4-9-18-15/h3-4,8-9,12-14H,5-7,10-11H2,1-2H3,(H,19,20)/t12-,13-,14+/m1/s1. The monoisotopic (exact) mass is 304 g/mol. The van der Waals surface area contributed by atoms with Crippen LogP contribution in [0.15, 0.2) is 24.4 Å². The van der Waals surface area contributed by atoms with E-state index < -0.39 is 6.10 Å². The van der Waals surface area contributed by atoms with Crippen LogP contribution in [0.5, 0.6) is 0 Å². The summed E-state index contributed by atoms with van der Waals surface area (Å²) in [6.45, 7) is 4.10. The molecule has 1 amide bonds. The van der Waals surface area contributed by atoms with Crippen LogP contribution >= 0.6 is 0 Å². The number of aromatic nitrogens is 1. The third-order valence-corrected chi connectivity index (χ3v) is 4.10. The summed E-state index contributed by atoms with van der Waals surface area (Å²) in [7, 11) is 0. The van der Waals surface area contributed by atoms with E-state index in [1.54, 1.807) is 13.1 Å². The Morgan fingerprint density at radius 1 is 1.41 bits per heavy atom. The second kappa shape index (κ2) is 7.92. The fraction of sp³-hybridized carbons (Fsp3) is 0.588.